The van der Waals surface area contributed by atoms with Crippen LogP contribution in [0.5, 0.6) is 11.5 Å². The van der Waals surface area contributed by atoms with Crippen molar-refractivity contribution in [3.05, 3.63) is 22.2 Å². The van der Waals surface area contributed by atoms with E-state index in [1.807, 2.05) is 12.1 Å². The second-order valence-electron chi connectivity index (χ2n) is 4.82. The lowest BCUT2D eigenvalue weighted by Crippen LogP contribution is -2.30. The van der Waals surface area contributed by atoms with Gasteiger partial charge >= 0.3 is 0 Å². The van der Waals surface area contributed by atoms with Crippen LogP contribution < -0.4 is 14.8 Å². The Kier molecular flexibility index (Phi) is 4.45. The van der Waals surface area contributed by atoms with Crippen molar-refractivity contribution in [1.29, 1.82) is 0 Å². The second kappa shape index (κ2) is 6.30. The predicted octanol–water partition coefficient (Wildman–Crippen LogP) is 2.24. The molecule has 1 atom stereocenters. The number of halogens is 1. The fourth-order valence-corrected chi connectivity index (χ4v) is 2.99. The maximum Gasteiger partial charge on any atom is 0.170 e. The summed E-state index contributed by atoms with van der Waals surface area (Å²) in [6, 6.07) is 4.14. The molecule has 1 fully saturated rings. The standard InChI is InChI=1S/C14H18BrNO4/c1-9(16-8-14-19-4-5-20-14)10-6-12-13(7-11(10)15)18-3-2-17-12/h6-7,9,14,16H,2-5,8H2,1H3/t9-/m0/s1. The van der Waals surface area contributed by atoms with E-state index in [9.17, 15) is 0 Å². The van der Waals surface area contributed by atoms with Gasteiger partial charge in [0.2, 0.25) is 0 Å². The van der Waals surface area contributed by atoms with Gasteiger partial charge in [0, 0.05) is 17.1 Å². The molecule has 2 heterocycles. The third-order valence-electron chi connectivity index (χ3n) is 3.41. The molecule has 1 saturated heterocycles. The van der Waals surface area contributed by atoms with Crippen LogP contribution in [-0.4, -0.2) is 39.3 Å². The first-order chi connectivity index (χ1) is 9.74. The van der Waals surface area contributed by atoms with E-state index >= 15 is 0 Å². The Balaban J connectivity index is 1.68. The van der Waals surface area contributed by atoms with Crippen molar-refractivity contribution in [2.24, 2.45) is 0 Å². The van der Waals surface area contributed by atoms with Crippen LogP contribution in [0, 0.1) is 0 Å². The molecule has 2 aliphatic rings. The summed E-state index contributed by atoms with van der Waals surface area (Å²) in [5.41, 5.74) is 1.13. The van der Waals surface area contributed by atoms with E-state index in [4.69, 9.17) is 18.9 Å². The molecule has 0 aliphatic carbocycles. The van der Waals surface area contributed by atoms with Crippen LogP contribution in [-0.2, 0) is 9.47 Å². The van der Waals surface area contributed by atoms with E-state index < -0.39 is 0 Å². The largest absolute Gasteiger partial charge is 0.486 e. The Morgan fingerprint density at radius 2 is 1.80 bits per heavy atom. The van der Waals surface area contributed by atoms with Gasteiger partial charge in [0.05, 0.1) is 13.2 Å². The number of nitrogens with one attached hydrogen (secondary N) is 1. The normalized spacial score (nSPS) is 20.1. The first-order valence-corrected chi connectivity index (χ1v) is 7.59. The molecule has 1 aromatic rings. The summed E-state index contributed by atoms with van der Waals surface area (Å²) in [4.78, 5) is 0. The fraction of sp³-hybridized carbons (Fsp3) is 0.571. The molecule has 0 bridgehead atoms. The summed E-state index contributed by atoms with van der Waals surface area (Å²) in [5.74, 6) is 1.60. The lowest BCUT2D eigenvalue weighted by molar-refractivity contribution is -0.0404. The summed E-state index contributed by atoms with van der Waals surface area (Å²) < 4.78 is 23.0. The first kappa shape index (κ1) is 14.1. The van der Waals surface area contributed by atoms with Gasteiger partial charge in [0.25, 0.3) is 0 Å². The Morgan fingerprint density at radius 1 is 1.15 bits per heavy atom. The van der Waals surface area contributed by atoms with Gasteiger partial charge < -0.3 is 24.3 Å². The van der Waals surface area contributed by atoms with Gasteiger partial charge in [-0.3, -0.25) is 0 Å². The molecule has 6 heteroatoms. The summed E-state index contributed by atoms with van der Waals surface area (Å²) in [5, 5.41) is 3.41. The zero-order valence-electron chi connectivity index (χ0n) is 11.4. The second-order valence-corrected chi connectivity index (χ2v) is 5.67. The molecule has 0 unspecified atom stereocenters. The maximum atomic E-state index is 5.62. The zero-order valence-corrected chi connectivity index (χ0v) is 12.9. The molecule has 3 rings (SSSR count). The molecule has 110 valence electrons. The lowest BCUT2D eigenvalue weighted by atomic mass is 10.1. The molecule has 0 spiro atoms. The van der Waals surface area contributed by atoms with Gasteiger partial charge in [-0.1, -0.05) is 15.9 Å². The predicted molar refractivity (Wildman–Crippen MR) is 77.2 cm³/mol. The number of rotatable bonds is 4. The van der Waals surface area contributed by atoms with Crippen molar-refractivity contribution in [2.75, 3.05) is 33.0 Å². The third-order valence-corrected chi connectivity index (χ3v) is 4.10. The highest BCUT2D eigenvalue weighted by molar-refractivity contribution is 9.10. The Bertz CT molecular complexity index is 476. The first-order valence-electron chi connectivity index (χ1n) is 6.79. The van der Waals surface area contributed by atoms with Gasteiger partial charge in [0.15, 0.2) is 17.8 Å². The molecule has 20 heavy (non-hydrogen) atoms. The average Bonchev–Trinajstić information content (AvgIpc) is 2.97. The molecule has 2 aliphatic heterocycles. The Labute approximate surface area is 126 Å². The molecule has 1 aromatic carbocycles. The van der Waals surface area contributed by atoms with Crippen LogP contribution in [0.15, 0.2) is 16.6 Å². The molecule has 0 saturated carbocycles. The molecule has 1 N–H and O–H groups in total. The van der Waals surface area contributed by atoms with Gasteiger partial charge in [-0.2, -0.15) is 0 Å². The fourth-order valence-electron chi connectivity index (χ4n) is 2.32. The number of hydrogen-bond acceptors (Lipinski definition) is 5. The van der Waals surface area contributed by atoms with Crippen molar-refractivity contribution >= 4 is 15.9 Å². The molecular formula is C14H18BrNO4. The van der Waals surface area contributed by atoms with Gasteiger partial charge in [0.1, 0.15) is 13.2 Å². The maximum absolute atomic E-state index is 5.62. The number of benzene rings is 1. The van der Waals surface area contributed by atoms with Crippen molar-refractivity contribution in [1.82, 2.24) is 5.32 Å². The minimum atomic E-state index is -0.145. The van der Waals surface area contributed by atoms with Crippen LogP contribution in [0.1, 0.15) is 18.5 Å². The van der Waals surface area contributed by atoms with Gasteiger partial charge in [-0.05, 0) is 24.6 Å². The summed E-state index contributed by atoms with van der Waals surface area (Å²) >= 11 is 3.59. The number of ether oxygens (including phenoxy) is 4. The van der Waals surface area contributed by atoms with Crippen LogP contribution >= 0.6 is 15.9 Å². The summed E-state index contributed by atoms with van der Waals surface area (Å²) in [6.45, 7) is 5.32. The molecule has 0 amide bonds. The van der Waals surface area contributed by atoms with Crippen molar-refractivity contribution < 1.29 is 18.9 Å². The van der Waals surface area contributed by atoms with Gasteiger partial charge in [-0.25, -0.2) is 0 Å². The van der Waals surface area contributed by atoms with E-state index in [1.165, 1.54) is 0 Å². The van der Waals surface area contributed by atoms with E-state index in [1.54, 1.807) is 0 Å². The van der Waals surface area contributed by atoms with Crippen LogP contribution in [0.25, 0.3) is 0 Å². The van der Waals surface area contributed by atoms with Crippen molar-refractivity contribution in [3.63, 3.8) is 0 Å². The minimum Gasteiger partial charge on any atom is -0.486 e. The van der Waals surface area contributed by atoms with E-state index in [-0.39, 0.29) is 12.3 Å². The van der Waals surface area contributed by atoms with Crippen LogP contribution in [0.2, 0.25) is 0 Å². The van der Waals surface area contributed by atoms with Gasteiger partial charge in [-0.15, -0.1) is 0 Å². The highest BCUT2D eigenvalue weighted by Crippen LogP contribution is 2.37. The Morgan fingerprint density at radius 3 is 2.50 bits per heavy atom. The summed E-state index contributed by atoms with van der Waals surface area (Å²) in [7, 11) is 0. The SMILES string of the molecule is C[C@H](NCC1OCCO1)c1cc2c(cc1Br)OCCO2. The molecule has 0 radical (unpaired) electrons. The monoisotopic (exact) mass is 343 g/mol. The Hall–Kier alpha value is -0.820. The van der Waals surface area contributed by atoms with Crippen molar-refractivity contribution in [2.45, 2.75) is 19.3 Å². The van der Waals surface area contributed by atoms with E-state index in [0.717, 1.165) is 21.5 Å². The van der Waals surface area contributed by atoms with E-state index in [2.05, 4.69) is 28.2 Å². The highest BCUT2D eigenvalue weighted by atomic mass is 79.9. The average molecular weight is 344 g/mol. The molecule has 5 nitrogen and oxygen atoms in total. The quantitative estimate of drug-likeness (QED) is 0.908. The molecule has 0 aromatic heterocycles. The lowest BCUT2D eigenvalue weighted by Gasteiger charge is -2.23. The third kappa shape index (κ3) is 3.09. The summed E-state index contributed by atoms with van der Waals surface area (Å²) in [6.07, 6.45) is -0.145. The van der Waals surface area contributed by atoms with Crippen molar-refractivity contribution in [3.8, 4) is 11.5 Å². The van der Waals surface area contributed by atoms with Crippen LogP contribution in [0.3, 0.4) is 0 Å². The zero-order chi connectivity index (χ0) is 13.9. The van der Waals surface area contributed by atoms with E-state index in [0.29, 0.717) is 33.0 Å². The highest BCUT2D eigenvalue weighted by Gasteiger charge is 2.20. The smallest absolute Gasteiger partial charge is 0.170 e. The van der Waals surface area contributed by atoms with Crippen LogP contribution in [0.4, 0.5) is 0 Å². The minimum absolute atomic E-state index is 0.145. The topological polar surface area (TPSA) is 49.0 Å². The number of fused-ring (bicyclic) bond motifs is 1. The molecular weight excluding hydrogens is 326 g/mol. The number of hydrogen-bond donors (Lipinski definition) is 1.